The monoisotopic (exact) mass is 422 g/mol. The van der Waals surface area contributed by atoms with Gasteiger partial charge in [-0.1, -0.05) is 48.9 Å². The molecule has 2 atom stereocenters. The lowest BCUT2D eigenvalue weighted by atomic mass is 9.95. The number of benzene rings is 2. The Morgan fingerprint density at radius 1 is 1.00 bits per heavy atom. The van der Waals surface area contributed by atoms with Gasteiger partial charge < -0.3 is 0 Å². The molecule has 1 aliphatic rings. The summed E-state index contributed by atoms with van der Waals surface area (Å²) in [6.07, 6.45) is 5.40. The van der Waals surface area contributed by atoms with Gasteiger partial charge in [-0.05, 0) is 85.2 Å². The second kappa shape index (κ2) is 9.72. The van der Waals surface area contributed by atoms with Gasteiger partial charge in [0.1, 0.15) is 5.82 Å². The van der Waals surface area contributed by atoms with Crippen molar-refractivity contribution in [2.75, 3.05) is 6.54 Å². The third kappa shape index (κ3) is 5.47. The zero-order chi connectivity index (χ0) is 20.9. The lowest BCUT2D eigenvalue weighted by Crippen LogP contribution is -2.32. The van der Waals surface area contributed by atoms with Crippen LogP contribution in [0.15, 0.2) is 72.9 Å². The fourth-order valence-corrected chi connectivity index (χ4v) is 4.31. The van der Waals surface area contributed by atoms with Crippen molar-refractivity contribution in [3.8, 4) is 0 Å². The highest BCUT2D eigenvalue weighted by Gasteiger charge is 2.36. The first kappa shape index (κ1) is 21.0. The standard InChI is InChI=1S/C26H28ClFN2/c1-19(20-9-13-24(28)14-10-20)15-17-30(18-25-4-2-3-16-29-25)26(21-5-6-21)22-7-11-23(27)12-8-22/h2-4,7-14,16,19,21,26H,5-6,15,17-18H2,1H3. The molecule has 0 saturated heterocycles. The largest absolute Gasteiger partial charge is 0.290 e. The maximum atomic E-state index is 13.3. The smallest absolute Gasteiger partial charge is 0.123 e. The summed E-state index contributed by atoms with van der Waals surface area (Å²) in [7, 11) is 0. The number of pyridine rings is 1. The lowest BCUT2D eigenvalue weighted by molar-refractivity contribution is 0.161. The molecule has 0 spiro atoms. The fourth-order valence-electron chi connectivity index (χ4n) is 4.19. The summed E-state index contributed by atoms with van der Waals surface area (Å²) in [5.74, 6) is 0.859. The van der Waals surface area contributed by atoms with E-state index >= 15 is 0 Å². The van der Waals surface area contributed by atoms with E-state index in [1.165, 1.54) is 24.0 Å². The molecule has 4 rings (SSSR count). The molecule has 0 N–H and O–H groups in total. The second-order valence-corrected chi connectivity index (χ2v) is 8.80. The van der Waals surface area contributed by atoms with Crippen molar-refractivity contribution in [2.24, 2.45) is 5.92 Å². The number of nitrogens with zero attached hydrogens (tertiary/aromatic N) is 2. The van der Waals surface area contributed by atoms with Crippen LogP contribution in [0, 0.1) is 11.7 Å². The van der Waals surface area contributed by atoms with E-state index in [1.807, 2.05) is 36.5 Å². The Hall–Kier alpha value is -2.23. The summed E-state index contributed by atoms with van der Waals surface area (Å²) in [6.45, 7) is 4.00. The van der Waals surface area contributed by atoms with E-state index in [0.29, 0.717) is 17.9 Å². The molecule has 1 heterocycles. The molecule has 0 bridgehead atoms. The van der Waals surface area contributed by atoms with Crippen LogP contribution in [-0.4, -0.2) is 16.4 Å². The molecular formula is C26H28ClFN2. The molecule has 2 unspecified atom stereocenters. The SMILES string of the molecule is CC(CCN(Cc1ccccn1)C(c1ccc(Cl)cc1)C1CC1)c1ccc(F)cc1. The Kier molecular flexibility index (Phi) is 6.81. The highest BCUT2D eigenvalue weighted by atomic mass is 35.5. The van der Waals surface area contributed by atoms with Gasteiger partial charge in [-0.25, -0.2) is 4.39 Å². The molecule has 4 heteroatoms. The van der Waals surface area contributed by atoms with Crippen LogP contribution >= 0.6 is 11.6 Å². The molecule has 0 amide bonds. The predicted octanol–water partition coefficient (Wildman–Crippen LogP) is 7.02. The molecular weight excluding hydrogens is 395 g/mol. The van der Waals surface area contributed by atoms with E-state index in [0.717, 1.165) is 30.2 Å². The number of aromatic nitrogens is 1. The Labute approximate surface area is 183 Å². The van der Waals surface area contributed by atoms with E-state index in [-0.39, 0.29) is 5.82 Å². The fraction of sp³-hybridized carbons (Fsp3) is 0.346. The second-order valence-electron chi connectivity index (χ2n) is 8.37. The summed E-state index contributed by atoms with van der Waals surface area (Å²) < 4.78 is 13.3. The van der Waals surface area contributed by atoms with Gasteiger partial charge in [-0.3, -0.25) is 9.88 Å². The van der Waals surface area contributed by atoms with Crippen molar-refractivity contribution in [1.82, 2.24) is 9.88 Å². The van der Waals surface area contributed by atoms with Crippen LogP contribution < -0.4 is 0 Å². The lowest BCUT2D eigenvalue weighted by Gasteiger charge is -2.33. The Bertz CT molecular complexity index is 924. The number of hydrogen-bond donors (Lipinski definition) is 0. The predicted molar refractivity (Wildman–Crippen MR) is 121 cm³/mol. The summed E-state index contributed by atoms with van der Waals surface area (Å²) in [6, 6.07) is 21.7. The number of hydrogen-bond acceptors (Lipinski definition) is 2. The van der Waals surface area contributed by atoms with Crippen molar-refractivity contribution < 1.29 is 4.39 Å². The summed E-state index contributed by atoms with van der Waals surface area (Å²) in [4.78, 5) is 7.15. The average molecular weight is 423 g/mol. The molecule has 1 aromatic heterocycles. The number of halogens is 2. The first-order chi connectivity index (χ1) is 14.6. The van der Waals surface area contributed by atoms with Gasteiger partial charge in [0.2, 0.25) is 0 Å². The van der Waals surface area contributed by atoms with Crippen LogP contribution in [0.3, 0.4) is 0 Å². The third-order valence-corrected chi connectivity index (χ3v) is 6.31. The van der Waals surface area contributed by atoms with Gasteiger partial charge in [0, 0.05) is 23.8 Å². The van der Waals surface area contributed by atoms with Gasteiger partial charge in [-0.15, -0.1) is 0 Å². The zero-order valence-electron chi connectivity index (χ0n) is 17.3. The van der Waals surface area contributed by atoms with Gasteiger partial charge in [-0.2, -0.15) is 0 Å². The van der Waals surface area contributed by atoms with Crippen molar-refractivity contribution in [1.29, 1.82) is 0 Å². The van der Waals surface area contributed by atoms with Gasteiger partial charge in [0.15, 0.2) is 0 Å². The van der Waals surface area contributed by atoms with Crippen molar-refractivity contribution >= 4 is 11.6 Å². The maximum absolute atomic E-state index is 13.3. The van der Waals surface area contributed by atoms with Crippen molar-refractivity contribution in [3.05, 3.63) is 101 Å². The highest BCUT2D eigenvalue weighted by Crippen LogP contribution is 2.45. The minimum atomic E-state index is -0.181. The normalized spacial score (nSPS) is 15.9. The number of rotatable bonds is 9. The van der Waals surface area contributed by atoms with Gasteiger partial charge in [0.25, 0.3) is 0 Å². The van der Waals surface area contributed by atoms with Gasteiger partial charge >= 0.3 is 0 Å². The first-order valence-electron chi connectivity index (χ1n) is 10.7. The molecule has 2 aromatic carbocycles. The topological polar surface area (TPSA) is 16.1 Å². The minimum absolute atomic E-state index is 0.181. The van der Waals surface area contributed by atoms with E-state index in [1.54, 1.807) is 12.1 Å². The quantitative estimate of drug-likeness (QED) is 0.368. The van der Waals surface area contributed by atoms with Crippen LogP contribution in [0.25, 0.3) is 0 Å². The third-order valence-electron chi connectivity index (χ3n) is 6.05. The van der Waals surface area contributed by atoms with E-state index in [9.17, 15) is 4.39 Å². The maximum Gasteiger partial charge on any atom is 0.123 e. The summed E-state index contributed by atoms with van der Waals surface area (Å²) >= 11 is 6.15. The van der Waals surface area contributed by atoms with E-state index in [2.05, 4.69) is 41.1 Å². The Morgan fingerprint density at radius 3 is 2.33 bits per heavy atom. The molecule has 156 valence electrons. The summed E-state index contributed by atoms with van der Waals surface area (Å²) in [5.41, 5.74) is 3.60. The minimum Gasteiger partial charge on any atom is -0.290 e. The summed E-state index contributed by atoms with van der Waals surface area (Å²) in [5, 5.41) is 0.773. The van der Waals surface area contributed by atoms with Crippen molar-refractivity contribution in [2.45, 2.75) is 44.7 Å². The molecule has 1 aliphatic carbocycles. The van der Waals surface area contributed by atoms with Gasteiger partial charge in [0.05, 0.1) is 5.69 Å². The van der Waals surface area contributed by atoms with E-state index < -0.39 is 0 Å². The molecule has 30 heavy (non-hydrogen) atoms. The molecule has 1 saturated carbocycles. The van der Waals surface area contributed by atoms with Crippen LogP contribution in [0.2, 0.25) is 5.02 Å². The van der Waals surface area contributed by atoms with Crippen LogP contribution in [0.1, 0.15) is 55.0 Å². The molecule has 2 nitrogen and oxygen atoms in total. The molecule has 1 fully saturated rings. The highest BCUT2D eigenvalue weighted by molar-refractivity contribution is 6.30. The Balaban J connectivity index is 1.55. The zero-order valence-corrected chi connectivity index (χ0v) is 18.1. The molecule has 0 radical (unpaired) electrons. The Morgan fingerprint density at radius 2 is 1.70 bits per heavy atom. The average Bonchev–Trinajstić information content (AvgIpc) is 3.59. The van der Waals surface area contributed by atoms with Crippen molar-refractivity contribution in [3.63, 3.8) is 0 Å². The van der Waals surface area contributed by atoms with Crippen LogP contribution in [0.4, 0.5) is 4.39 Å². The van der Waals surface area contributed by atoms with E-state index in [4.69, 9.17) is 11.6 Å². The van der Waals surface area contributed by atoms with Crippen LogP contribution in [0.5, 0.6) is 0 Å². The first-order valence-corrected chi connectivity index (χ1v) is 11.1. The molecule has 0 aliphatic heterocycles. The molecule has 3 aromatic rings. The van der Waals surface area contributed by atoms with Crippen LogP contribution in [-0.2, 0) is 6.54 Å².